The molecule has 0 aliphatic heterocycles. The first-order valence-electron chi connectivity index (χ1n) is 23.6. The van der Waals surface area contributed by atoms with E-state index in [1.54, 1.807) is 0 Å². The zero-order chi connectivity index (χ0) is 41.6. The molecule has 8 rings (SSSR count). The lowest BCUT2D eigenvalue weighted by Gasteiger charge is -2.14. The number of amides is 2. The number of benzene rings is 8. The maximum Gasteiger partial charge on any atom is 0.224 e. The lowest BCUT2D eigenvalue weighted by atomic mass is 9.93. The van der Waals surface area contributed by atoms with Crippen LogP contribution in [0.15, 0.2) is 109 Å². The highest BCUT2D eigenvalue weighted by molar-refractivity contribution is 7.99. The molecule has 0 fully saturated rings. The second-order valence-electron chi connectivity index (χ2n) is 17.5. The highest BCUT2D eigenvalue weighted by atomic mass is 32.2. The number of hydrogen-bond donors (Lipinski definition) is 2. The number of nitrogens with one attached hydrogen (secondary N) is 2. The van der Waals surface area contributed by atoms with Crippen molar-refractivity contribution in [2.75, 3.05) is 22.1 Å². The average molecular weight is 829 g/mol. The van der Waals surface area contributed by atoms with Crippen molar-refractivity contribution in [2.24, 2.45) is 0 Å². The first-order chi connectivity index (χ1) is 30.1. The van der Waals surface area contributed by atoms with Gasteiger partial charge in [0.2, 0.25) is 11.8 Å². The highest BCUT2D eigenvalue weighted by Crippen LogP contribution is 2.39. The quantitative estimate of drug-likeness (QED) is 0.0422. The van der Waals surface area contributed by atoms with Crippen molar-refractivity contribution in [3.05, 3.63) is 109 Å². The minimum atomic E-state index is 0.128. The van der Waals surface area contributed by atoms with Crippen LogP contribution in [0, 0.1) is 0 Å². The van der Waals surface area contributed by atoms with Gasteiger partial charge in [0.1, 0.15) is 0 Å². The van der Waals surface area contributed by atoms with Crippen LogP contribution in [-0.4, -0.2) is 23.3 Å². The van der Waals surface area contributed by atoms with E-state index < -0.39 is 0 Å². The summed E-state index contributed by atoms with van der Waals surface area (Å²) in [5.41, 5.74) is 1.86. The molecule has 0 saturated carbocycles. The third-order valence-corrected chi connectivity index (χ3v) is 14.1. The summed E-state index contributed by atoms with van der Waals surface area (Å²) >= 11 is 2.15. The zero-order valence-electron chi connectivity index (χ0n) is 36.2. The van der Waals surface area contributed by atoms with E-state index in [0.717, 1.165) is 47.8 Å². The molecule has 0 unspecified atom stereocenters. The van der Waals surface area contributed by atoms with Crippen LogP contribution in [0.1, 0.15) is 128 Å². The summed E-state index contributed by atoms with van der Waals surface area (Å²) < 4.78 is 0. The summed E-state index contributed by atoms with van der Waals surface area (Å²) in [6.45, 7) is 0. The molecule has 316 valence electrons. The molecule has 61 heavy (non-hydrogen) atoms. The molecule has 0 spiro atoms. The molecule has 5 heteroatoms. The molecule has 0 saturated heterocycles. The van der Waals surface area contributed by atoms with Gasteiger partial charge in [-0.15, -0.1) is 0 Å². The number of anilines is 2. The predicted molar refractivity (Wildman–Crippen MR) is 267 cm³/mol. The maximum absolute atomic E-state index is 12.9. The molecule has 0 aliphatic rings. The van der Waals surface area contributed by atoms with Crippen LogP contribution in [0.5, 0.6) is 0 Å². The Morgan fingerprint density at radius 3 is 1.00 bits per heavy atom. The van der Waals surface area contributed by atoms with Gasteiger partial charge in [0.05, 0.1) is 0 Å². The van der Waals surface area contributed by atoms with Crippen molar-refractivity contribution in [1.82, 2.24) is 0 Å². The molecule has 2 N–H and O–H groups in total. The third-order valence-electron chi connectivity index (χ3n) is 13.0. The second kappa shape index (κ2) is 21.8. The minimum Gasteiger partial charge on any atom is -0.326 e. The molecule has 2 amide bonds. The van der Waals surface area contributed by atoms with Crippen LogP contribution < -0.4 is 10.6 Å². The van der Waals surface area contributed by atoms with Crippen molar-refractivity contribution >= 4 is 99.6 Å². The van der Waals surface area contributed by atoms with Crippen LogP contribution in [0.2, 0.25) is 0 Å². The molecular formula is C56H64N2O2S. The van der Waals surface area contributed by atoms with E-state index in [1.165, 1.54) is 155 Å². The fourth-order valence-electron chi connectivity index (χ4n) is 9.67. The van der Waals surface area contributed by atoms with E-state index >= 15 is 0 Å². The lowest BCUT2D eigenvalue weighted by Crippen LogP contribution is -2.11. The molecule has 0 radical (unpaired) electrons. The molecular weight excluding hydrogens is 765 g/mol. The SMILES string of the molecule is O=C(CCCCCCCCCCCSCCCCCCCCCCCC(=O)Nc1ccc2ccc3cccc4ccc1c2c34)Nc1ccc2ccc3cccc4ccc1c2c34. The van der Waals surface area contributed by atoms with Crippen molar-refractivity contribution in [3.8, 4) is 0 Å². The Labute approximate surface area is 367 Å². The fraction of sp³-hybridized carbons (Fsp3) is 0.393. The molecule has 4 nitrogen and oxygen atoms in total. The smallest absolute Gasteiger partial charge is 0.224 e. The maximum atomic E-state index is 12.9. The average Bonchev–Trinajstić information content (AvgIpc) is 3.28. The number of carbonyl (C=O) groups is 2. The van der Waals surface area contributed by atoms with Crippen LogP contribution in [-0.2, 0) is 9.59 Å². The Balaban J connectivity index is 0.572. The van der Waals surface area contributed by atoms with E-state index in [1.807, 2.05) is 0 Å². The van der Waals surface area contributed by atoms with Gasteiger partial charge in [-0.1, -0.05) is 187 Å². The van der Waals surface area contributed by atoms with Gasteiger partial charge < -0.3 is 10.6 Å². The Bertz CT molecular complexity index is 2440. The van der Waals surface area contributed by atoms with Gasteiger partial charge in [-0.25, -0.2) is 0 Å². The molecule has 0 aromatic heterocycles. The molecule has 8 aromatic rings. The van der Waals surface area contributed by atoms with E-state index in [4.69, 9.17) is 0 Å². The fourth-order valence-corrected chi connectivity index (χ4v) is 10.7. The normalized spacial score (nSPS) is 11.9. The summed E-state index contributed by atoms with van der Waals surface area (Å²) in [6.07, 6.45) is 23.9. The summed E-state index contributed by atoms with van der Waals surface area (Å²) in [4.78, 5) is 25.7. The lowest BCUT2D eigenvalue weighted by molar-refractivity contribution is -0.117. The van der Waals surface area contributed by atoms with E-state index in [-0.39, 0.29) is 11.8 Å². The molecule has 0 atom stereocenters. The van der Waals surface area contributed by atoms with Gasteiger partial charge in [-0.3, -0.25) is 9.59 Å². The van der Waals surface area contributed by atoms with Crippen molar-refractivity contribution in [1.29, 1.82) is 0 Å². The van der Waals surface area contributed by atoms with Crippen molar-refractivity contribution in [3.63, 3.8) is 0 Å². The molecule has 0 heterocycles. The van der Waals surface area contributed by atoms with Gasteiger partial charge >= 0.3 is 0 Å². The van der Waals surface area contributed by atoms with E-state index in [0.29, 0.717) is 12.8 Å². The van der Waals surface area contributed by atoms with Crippen LogP contribution in [0.25, 0.3) is 64.6 Å². The first-order valence-corrected chi connectivity index (χ1v) is 24.8. The monoisotopic (exact) mass is 828 g/mol. The summed E-state index contributed by atoms with van der Waals surface area (Å²) in [5, 5.41) is 21.2. The topological polar surface area (TPSA) is 58.2 Å². The van der Waals surface area contributed by atoms with Crippen LogP contribution in [0.3, 0.4) is 0 Å². The second-order valence-corrected chi connectivity index (χ2v) is 18.7. The van der Waals surface area contributed by atoms with Gasteiger partial charge in [0, 0.05) is 35.0 Å². The number of unbranched alkanes of at least 4 members (excludes halogenated alkanes) is 16. The Morgan fingerprint density at radius 2 is 0.623 bits per heavy atom. The van der Waals surface area contributed by atoms with Gasteiger partial charge in [0.25, 0.3) is 0 Å². The Kier molecular flexibility index (Phi) is 15.3. The third kappa shape index (κ3) is 11.0. The highest BCUT2D eigenvalue weighted by Gasteiger charge is 2.14. The number of rotatable bonds is 26. The van der Waals surface area contributed by atoms with Crippen LogP contribution >= 0.6 is 11.8 Å². The van der Waals surface area contributed by atoms with E-state index in [2.05, 4.69) is 132 Å². The minimum absolute atomic E-state index is 0.128. The largest absolute Gasteiger partial charge is 0.326 e. The molecule has 8 aromatic carbocycles. The molecule has 0 aliphatic carbocycles. The first kappa shape index (κ1) is 42.8. The Morgan fingerprint density at radius 1 is 0.328 bits per heavy atom. The van der Waals surface area contributed by atoms with Gasteiger partial charge in [0.15, 0.2) is 0 Å². The standard InChI is InChI=1S/C56H64N2O2S/c59-51(57-49-37-33-45-29-27-41-21-19-23-43-31-35-47(49)55(45)53(41)43)25-15-11-7-3-1-5-9-13-17-39-61-40-18-14-10-6-2-4-8-12-16-26-52(60)58-50-38-34-46-30-28-42-22-20-24-44-32-36-48(50)56(46)54(42)44/h19-24,27-38H,1-18,25-26,39-40H2,(H,57,59)(H,58,60). The van der Waals surface area contributed by atoms with Gasteiger partial charge in [-0.05, 0) is 103 Å². The predicted octanol–water partition coefficient (Wildman–Crippen LogP) is 16.6. The van der Waals surface area contributed by atoms with Gasteiger partial charge in [-0.2, -0.15) is 11.8 Å². The summed E-state index contributed by atoms with van der Waals surface area (Å²) in [6, 6.07) is 38.7. The van der Waals surface area contributed by atoms with E-state index in [9.17, 15) is 9.59 Å². The van der Waals surface area contributed by atoms with Crippen molar-refractivity contribution in [2.45, 2.75) is 128 Å². The zero-order valence-corrected chi connectivity index (χ0v) is 37.0. The summed E-state index contributed by atoms with van der Waals surface area (Å²) in [7, 11) is 0. The van der Waals surface area contributed by atoms with Crippen molar-refractivity contribution < 1.29 is 9.59 Å². The Hall–Kier alpha value is -4.87. The summed E-state index contributed by atoms with van der Waals surface area (Å²) in [5.74, 6) is 2.88. The number of carbonyl (C=O) groups excluding carboxylic acids is 2. The van der Waals surface area contributed by atoms with Crippen LogP contribution in [0.4, 0.5) is 11.4 Å². The number of thioether (sulfide) groups is 1. The number of hydrogen-bond acceptors (Lipinski definition) is 3. The molecule has 0 bridgehead atoms.